The minimum atomic E-state index is -0.202. The zero-order chi connectivity index (χ0) is 26.0. The minimum Gasteiger partial charge on any atom is -0.370 e. The van der Waals surface area contributed by atoms with Crippen LogP contribution in [0.25, 0.3) is 0 Å². The van der Waals surface area contributed by atoms with Gasteiger partial charge in [0.1, 0.15) is 0 Å². The third-order valence-electron chi connectivity index (χ3n) is 5.23. The van der Waals surface area contributed by atoms with E-state index >= 15 is 0 Å². The Balaban J connectivity index is 2.35. The van der Waals surface area contributed by atoms with Crippen molar-refractivity contribution in [1.29, 1.82) is 0 Å². The number of aryl methyl sites for hydroxylation is 1. The van der Waals surface area contributed by atoms with Crippen molar-refractivity contribution in [3.8, 4) is 0 Å². The van der Waals surface area contributed by atoms with Crippen LogP contribution in [0.2, 0.25) is 0 Å². The maximum Gasteiger partial charge on any atom is 0.255 e. The van der Waals surface area contributed by atoms with Gasteiger partial charge in [-0.15, -0.1) is 11.8 Å². The van der Waals surface area contributed by atoms with Gasteiger partial charge in [0.2, 0.25) is 5.91 Å². The number of guanidine groups is 1. The van der Waals surface area contributed by atoms with Gasteiger partial charge < -0.3 is 27.8 Å². The lowest BCUT2D eigenvalue weighted by atomic mass is 9.86. The van der Waals surface area contributed by atoms with Gasteiger partial charge in [0.25, 0.3) is 5.91 Å². The summed E-state index contributed by atoms with van der Waals surface area (Å²) in [4.78, 5) is 30.6. The van der Waals surface area contributed by atoms with E-state index in [0.717, 1.165) is 16.0 Å². The predicted molar refractivity (Wildman–Crippen MR) is 147 cm³/mol. The second kappa shape index (κ2) is 13.2. The molecule has 0 aliphatic carbocycles. The molecule has 0 aliphatic rings. The molecule has 0 saturated heterocycles. The highest BCUT2D eigenvalue weighted by atomic mass is 32.2. The van der Waals surface area contributed by atoms with Crippen LogP contribution in [0, 0.1) is 6.92 Å². The van der Waals surface area contributed by atoms with Gasteiger partial charge in [-0.25, -0.2) is 0 Å². The van der Waals surface area contributed by atoms with Crippen LogP contribution in [-0.2, 0) is 10.2 Å². The van der Waals surface area contributed by atoms with Crippen LogP contribution >= 0.6 is 11.8 Å². The van der Waals surface area contributed by atoms with Gasteiger partial charge in [-0.2, -0.15) is 0 Å². The fraction of sp³-hybridized carbons (Fsp3) is 0.423. The van der Waals surface area contributed by atoms with Crippen LogP contribution in [0.5, 0.6) is 0 Å². The Bertz CT molecular complexity index is 1060. The largest absolute Gasteiger partial charge is 0.370 e. The lowest BCUT2D eigenvalue weighted by molar-refractivity contribution is -0.116. The number of thioether (sulfide) groups is 1. The van der Waals surface area contributed by atoms with Crippen LogP contribution in [0.4, 0.5) is 11.4 Å². The fourth-order valence-electron chi connectivity index (χ4n) is 3.36. The Labute approximate surface area is 212 Å². The van der Waals surface area contributed by atoms with E-state index in [0.29, 0.717) is 55.0 Å². The number of hydrogen-bond donors (Lipinski definition) is 5. The van der Waals surface area contributed by atoms with Crippen LogP contribution in [0.15, 0.2) is 46.3 Å². The summed E-state index contributed by atoms with van der Waals surface area (Å²) in [7, 11) is 0. The average molecular weight is 499 g/mol. The highest BCUT2D eigenvalue weighted by molar-refractivity contribution is 7.99. The number of hydrogen-bond acceptors (Lipinski definition) is 5. The first-order chi connectivity index (χ1) is 16.5. The van der Waals surface area contributed by atoms with Gasteiger partial charge in [0.05, 0.1) is 16.3 Å². The van der Waals surface area contributed by atoms with Crippen molar-refractivity contribution in [2.75, 3.05) is 29.5 Å². The van der Waals surface area contributed by atoms with Crippen molar-refractivity contribution >= 4 is 40.9 Å². The molecule has 2 aromatic rings. The zero-order valence-corrected chi connectivity index (χ0v) is 21.9. The average Bonchev–Trinajstić information content (AvgIpc) is 2.77. The molecule has 0 atom stereocenters. The van der Waals surface area contributed by atoms with Gasteiger partial charge >= 0.3 is 0 Å². The number of unbranched alkanes of at least 4 members (excludes halogenated alkanes) is 1. The molecule has 190 valence electrons. The number of nitrogens with one attached hydrogen (secondary N) is 2. The van der Waals surface area contributed by atoms with Crippen LogP contribution < -0.4 is 27.8 Å². The number of carbonyl (C=O) groups is 2. The number of benzene rings is 2. The first-order valence-corrected chi connectivity index (χ1v) is 12.7. The van der Waals surface area contributed by atoms with Crippen molar-refractivity contribution in [3.63, 3.8) is 0 Å². The summed E-state index contributed by atoms with van der Waals surface area (Å²) >= 11 is 1.51. The number of nitrogens with zero attached hydrogens (tertiary/aromatic N) is 1. The first kappa shape index (κ1) is 28.2. The van der Waals surface area contributed by atoms with Crippen molar-refractivity contribution in [2.45, 2.75) is 57.3 Å². The van der Waals surface area contributed by atoms with Crippen molar-refractivity contribution in [2.24, 2.45) is 22.2 Å². The monoisotopic (exact) mass is 498 g/mol. The topological polar surface area (TPSA) is 149 Å². The smallest absolute Gasteiger partial charge is 0.255 e. The SMILES string of the molecule is Cc1cccc(C(=O)Nc2cc(C(C)(C)C)cc(NC(=O)CCCCN=C(N)N)c2SCCN)c1. The summed E-state index contributed by atoms with van der Waals surface area (Å²) in [5.74, 6) is 0.386. The van der Waals surface area contributed by atoms with E-state index in [1.54, 1.807) is 6.07 Å². The van der Waals surface area contributed by atoms with Gasteiger partial charge in [0.15, 0.2) is 5.96 Å². The summed E-state index contributed by atoms with van der Waals surface area (Å²) in [6.07, 6.45) is 1.70. The summed E-state index contributed by atoms with van der Waals surface area (Å²) in [6, 6.07) is 11.4. The second-order valence-corrected chi connectivity index (χ2v) is 10.5. The third kappa shape index (κ3) is 9.26. The standard InChI is InChI=1S/C26H38N6O2S/c1-17-8-7-9-18(14-17)24(34)32-21-16-19(26(2,3)4)15-20(23(21)35-13-11-27)31-22(33)10-5-6-12-30-25(28)29/h7-9,14-16H,5-6,10-13,27H2,1-4H3,(H,31,33)(H,32,34)(H4,28,29,30). The van der Waals surface area contributed by atoms with Crippen molar-refractivity contribution < 1.29 is 9.59 Å². The predicted octanol–water partition coefficient (Wildman–Crippen LogP) is 3.98. The Morgan fingerprint density at radius 2 is 1.71 bits per heavy atom. The van der Waals surface area contributed by atoms with E-state index < -0.39 is 0 Å². The molecule has 0 saturated carbocycles. The number of anilines is 2. The molecule has 2 aromatic carbocycles. The minimum absolute atomic E-state index is 0.0512. The molecule has 0 heterocycles. The molecule has 0 spiro atoms. The lowest BCUT2D eigenvalue weighted by Gasteiger charge is -2.24. The Kier molecular flexibility index (Phi) is 10.6. The highest BCUT2D eigenvalue weighted by Gasteiger charge is 2.22. The van der Waals surface area contributed by atoms with Crippen LogP contribution in [-0.4, -0.2) is 36.6 Å². The first-order valence-electron chi connectivity index (χ1n) is 11.8. The molecule has 0 radical (unpaired) electrons. The summed E-state index contributed by atoms with van der Waals surface area (Å²) in [6.45, 7) is 9.19. The summed E-state index contributed by atoms with van der Waals surface area (Å²) < 4.78 is 0. The van der Waals surface area contributed by atoms with Gasteiger partial charge in [-0.1, -0.05) is 38.5 Å². The van der Waals surface area contributed by atoms with Crippen LogP contribution in [0.1, 0.15) is 61.5 Å². The van der Waals surface area contributed by atoms with Gasteiger partial charge in [0, 0.05) is 30.8 Å². The summed E-state index contributed by atoms with van der Waals surface area (Å²) in [5, 5.41) is 6.13. The number of nitrogens with two attached hydrogens (primary N) is 3. The number of amides is 2. The van der Waals surface area contributed by atoms with Crippen molar-refractivity contribution in [3.05, 3.63) is 53.1 Å². The molecule has 2 amide bonds. The quantitative estimate of drug-likeness (QED) is 0.137. The highest BCUT2D eigenvalue weighted by Crippen LogP contribution is 2.39. The lowest BCUT2D eigenvalue weighted by Crippen LogP contribution is -2.23. The Hall–Kier alpha value is -3.04. The maximum absolute atomic E-state index is 13.1. The molecule has 2 rings (SSSR count). The molecule has 0 fully saturated rings. The molecule has 0 aromatic heterocycles. The Morgan fingerprint density at radius 1 is 1.03 bits per heavy atom. The summed E-state index contributed by atoms with van der Waals surface area (Å²) in [5.41, 5.74) is 20.2. The van der Waals surface area contributed by atoms with E-state index in [2.05, 4.69) is 36.4 Å². The van der Waals surface area contributed by atoms with Gasteiger partial charge in [-0.05, 0) is 55.0 Å². The van der Waals surface area contributed by atoms with Crippen LogP contribution in [0.3, 0.4) is 0 Å². The third-order valence-corrected chi connectivity index (χ3v) is 6.40. The van der Waals surface area contributed by atoms with E-state index in [4.69, 9.17) is 17.2 Å². The van der Waals surface area contributed by atoms with Crippen molar-refractivity contribution in [1.82, 2.24) is 0 Å². The van der Waals surface area contributed by atoms with E-state index in [-0.39, 0.29) is 23.2 Å². The maximum atomic E-state index is 13.1. The number of carbonyl (C=O) groups excluding carboxylic acids is 2. The zero-order valence-electron chi connectivity index (χ0n) is 21.1. The molecule has 35 heavy (non-hydrogen) atoms. The molecule has 0 bridgehead atoms. The molecule has 8 nitrogen and oxygen atoms in total. The molecule has 9 heteroatoms. The molecule has 0 unspecified atom stereocenters. The molecule has 8 N–H and O–H groups in total. The normalized spacial score (nSPS) is 11.1. The van der Waals surface area contributed by atoms with E-state index in [9.17, 15) is 9.59 Å². The molecule has 0 aliphatic heterocycles. The molecular formula is C26H38N6O2S. The second-order valence-electron chi connectivity index (χ2n) is 9.42. The van der Waals surface area contributed by atoms with E-state index in [1.165, 1.54) is 11.8 Å². The van der Waals surface area contributed by atoms with E-state index in [1.807, 2.05) is 37.3 Å². The Morgan fingerprint density at radius 3 is 2.31 bits per heavy atom. The number of aliphatic imine (C=N–C) groups is 1. The fourth-order valence-corrected chi connectivity index (χ4v) is 4.22. The van der Waals surface area contributed by atoms with Gasteiger partial charge in [-0.3, -0.25) is 14.6 Å². The number of rotatable bonds is 11. The molecular weight excluding hydrogens is 460 g/mol.